The molecule has 3 atom stereocenters. The van der Waals surface area contributed by atoms with Crippen LogP contribution in [0.2, 0.25) is 3.93 Å². The number of carboxylic acids is 1. The van der Waals surface area contributed by atoms with Gasteiger partial charge in [0.05, 0.1) is 0 Å². The number of hydrogen-bond acceptors (Lipinski definition) is 3. The van der Waals surface area contributed by atoms with Crippen molar-refractivity contribution in [3.8, 4) is 0 Å². The van der Waals surface area contributed by atoms with Crippen molar-refractivity contribution >= 4 is 11.9 Å². The Bertz CT molecular complexity index is 381. The Morgan fingerprint density at radius 2 is 2.05 bits per heavy atom. The van der Waals surface area contributed by atoms with Crippen LogP contribution >= 0.6 is 0 Å². The summed E-state index contributed by atoms with van der Waals surface area (Å²) in [7, 11) is 1.66. The molecule has 6 heteroatoms. The van der Waals surface area contributed by atoms with Crippen LogP contribution in [0.5, 0.6) is 0 Å². The van der Waals surface area contributed by atoms with Crippen LogP contribution in [0.25, 0.3) is 0 Å². The first-order valence-corrected chi connectivity index (χ1v) is 10.9. The number of hydrogen-bond donors (Lipinski definition) is 2. The van der Waals surface area contributed by atoms with Crippen LogP contribution in [0.3, 0.4) is 0 Å². The van der Waals surface area contributed by atoms with E-state index >= 15 is 0 Å². The number of carboxylic acid groups (broad SMARTS) is 1. The van der Waals surface area contributed by atoms with Crippen molar-refractivity contribution in [3.63, 3.8) is 0 Å². The second-order valence-electron chi connectivity index (χ2n) is 6.34. The molecule has 0 radical (unpaired) electrons. The van der Waals surface area contributed by atoms with E-state index in [9.17, 15) is 14.7 Å². The normalized spacial score (nSPS) is 30.0. The molecule has 1 saturated carbocycles. The van der Waals surface area contributed by atoms with Crippen molar-refractivity contribution in [2.75, 3.05) is 13.7 Å². The van der Waals surface area contributed by atoms with Crippen molar-refractivity contribution in [2.24, 2.45) is 16.7 Å². The summed E-state index contributed by atoms with van der Waals surface area (Å²) >= 11 is 0.639. The minimum atomic E-state index is -0.837. The minimum absolute atomic E-state index is 0.0381. The number of amides is 1. The van der Waals surface area contributed by atoms with Gasteiger partial charge in [-0.2, -0.15) is 0 Å². The first-order valence-electron chi connectivity index (χ1n) is 7.04. The van der Waals surface area contributed by atoms with Crippen LogP contribution in [-0.4, -0.2) is 36.7 Å². The monoisotopic (exact) mass is 472 g/mol. The maximum absolute atomic E-state index is 12.4. The van der Waals surface area contributed by atoms with Crippen LogP contribution in [0.15, 0.2) is 0 Å². The number of ether oxygens (including phenoxy) is 1. The summed E-state index contributed by atoms with van der Waals surface area (Å²) in [5.41, 5.74) is -1.38. The van der Waals surface area contributed by atoms with Gasteiger partial charge in [-0.25, -0.2) is 0 Å². The van der Waals surface area contributed by atoms with Crippen LogP contribution in [0.4, 0.5) is 0 Å². The molecule has 3 unspecified atom stereocenters. The Labute approximate surface area is 136 Å². The van der Waals surface area contributed by atoms with Gasteiger partial charge >= 0.3 is 137 Å². The van der Waals surface area contributed by atoms with Crippen LogP contribution in [0.1, 0.15) is 33.6 Å². The molecule has 5 nitrogen and oxygen atoms in total. The third-order valence-corrected chi connectivity index (χ3v) is 7.68. The molecule has 0 spiro atoms. The molecule has 20 heavy (non-hydrogen) atoms. The van der Waals surface area contributed by atoms with Gasteiger partial charge in [0.2, 0.25) is 0 Å². The average Bonchev–Trinajstić information content (AvgIpc) is 2.63. The van der Waals surface area contributed by atoms with Gasteiger partial charge in [0, 0.05) is 0 Å². The maximum atomic E-state index is 12.4. The first-order chi connectivity index (χ1) is 9.20. The Morgan fingerprint density at radius 1 is 1.45 bits per heavy atom. The second-order valence-corrected chi connectivity index (χ2v) is 8.59. The van der Waals surface area contributed by atoms with Gasteiger partial charge in [-0.05, 0) is 0 Å². The summed E-state index contributed by atoms with van der Waals surface area (Å²) < 4.78 is 6.31. The molecule has 0 heterocycles. The van der Waals surface area contributed by atoms with Gasteiger partial charge in [-0.15, -0.1) is 0 Å². The third kappa shape index (κ3) is 3.19. The van der Waals surface area contributed by atoms with Gasteiger partial charge < -0.3 is 0 Å². The number of nitrogens with one attached hydrogen (secondary N) is 1. The summed E-state index contributed by atoms with van der Waals surface area (Å²) in [6, 6.07) is 0. The number of rotatable bonds is 6. The fraction of sp³-hybridized carbons (Fsp3) is 0.857. The number of aliphatic carboxylic acids is 1. The fourth-order valence-corrected chi connectivity index (χ4v) is 4.69. The molecule has 0 aromatic rings. The molecule has 1 amide bonds. The summed E-state index contributed by atoms with van der Waals surface area (Å²) in [5, 5.41) is 12.4. The molecule has 1 fully saturated rings. The summed E-state index contributed by atoms with van der Waals surface area (Å²) in [5.74, 6) is -1.10. The van der Waals surface area contributed by atoms with Crippen molar-refractivity contribution in [2.45, 2.75) is 43.6 Å². The van der Waals surface area contributed by atoms with Gasteiger partial charge in [0.15, 0.2) is 0 Å². The van der Waals surface area contributed by atoms with Crippen LogP contribution in [0, 0.1) is 16.7 Å². The van der Waals surface area contributed by atoms with E-state index in [2.05, 4.69) is 5.32 Å². The van der Waals surface area contributed by atoms with Crippen molar-refractivity contribution in [3.05, 3.63) is 0 Å². The third-order valence-electron chi connectivity index (χ3n) is 5.17. The molecule has 111 valence electrons. The summed E-state index contributed by atoms with van der Waals surface area (Å²) in [6.07, 6.45) is 1.27. The van der Waals surface area contributed by atoms with Crippen LogP contribution < -0.4 is 5.32 Å². The molecule has 0 aromatic heterocycles. The van der Waals surface area contributed by atoms with E-state index in [0.29, 0.717) is 45.5 Å². The molecule has 1 aliphatic carbocycles. The van der Waals surface area contributed by atoms with Gasteiger partial charge in [0.25, 0.3) is 0 Å². The topological polar surface area (TPSA) is 75.6 Å². The Morgan fingerprint density at radius 3 is 2.45 bits per heavy atom. The Hall–Kier alpha value is -0.165. The fourth-order valence-electron chi connectivity index (χ4n) is 2.98. The zero-order chi connectivity index (χ0) is 15.6. The number of methoxy groups -OCH3 is 1. The predicted octanol–water partition coefficient (Wildman–Crippen LogP) is 1.61. The molecule has 1 aliphatic rings. The predicted molar refractivity (Wildman–Crippen MR) is 70.9 cm³/mol. The molecule has 0 aromatic carbocycles. The summed E-state index contributed by atoms with van der Waals surface area (Å²) in [4.78, 5) is 23.9. The van der Waals surface area contributed by atoms with Crippen molar-refractivity contribution in [1.29, 1.82) is 0 Å². The zero-order valence-corrected chi connectivity index (χ0v) is 18.4. The van der Waals surface area contributed by atoms with E-state index in [-0.39, 0.29) is 17.9 Å². The Balaban J connectivity index is 2.74. The average molecular weight is 471 g/mol. The Kier molecular flexibility index (Phi) is 6.02. The van der Waals surface area contributed by atoms with Crippen molar-refractivity contribution in [1.82, 2.24) is 5.32 Å². The van der Waals surface area contributed by atoms with E-state index in [1.807, 2.05) is 13.8 Å². The van der Waals surface area contributed by atoms with E-state index in [1.165, 1.54) is 0 Å². The zero-order valence-electron chi connectivity index (χ0n) is 12.9. The quantitative estimate of drug-likeness (QED) is 0.578. The first kappa shape index (κ1) is 17.9. The molecule has 1 rings (SSSR count). The molecule has 2 N–H and O–H groups in total. The number of carbonyl (C=O) groups is 2. The van der Waals surface area contributed by atoms with Crippen LogP contribution in [-0.2, 0) is 40.4 Å². The molecular weight excluding hydrogens is 447 g/mol. The van der Waals surface area contributed by atoms with E-state index in [1.54, 1.807) is 14.0 Å². The van der Waals surface area contributed by atoms with Gasteiger partial charge in [-0.1, -0.05) is 0 Å². The van der Waals surface area contributed by atoms with Gasteiger partial charge in [0.1, 0.15) is 0 Å². The summed E-state index contributed by atoms with van der Waals surface area (Å²) in [6.45, 7) is 6.05. The van der Waals surface area contributed by atoms with E-state index in [4.69, 9.17) is 4.74 Å². The van der Waals surface area contributed by atoms with E-state index in [0.717, 1.165) is 3.93 Å². The van der Waals surface area contributed by atoms with Crippen molar-refractivity contribution < 1.29 is 45.6 Å². The number of carbonyl (C=O) groups excluding carboxylic acids is 1. The second kappa shape index (κ2) is 6.73. The molecular formula is C14H24HgNO4. The standard InChI is InChI=1S/C14H24NO4.Hg/c1-9(19-5)8-15-11(16)10-6-7-14(4,12(17)18)13(10,2)3;/h9-10H,1,6-8H2,2-5H3,(H,15,16)(H,17,18);. The molecule has 0 bridgehead atoms. The van der Waals surface area contributed by atoms with Gasteiger partial charge in [-0.3, -0.25) is 0 Å². The molecule has 0 aliphatic heterocycles. The SMILES string of the molecule is COC([CH2][Hg])CNC(=O)C1CCC(C)(C(=O)O)C1(C)C. The van der Waals surface area contributed by atoms with E-state index < -0.39 is 16.8 Å². The molecule has 0 saturated heterocycles.